The van der Waals surface area contributed by atoms with Crippen molar-refractivity contribution < 1.29 is 16.8 Å². The minimum absolute atomic E-state index is 0. The number of nitrogens with zero attached hydrogens (tertiary/aromatic N) is 2. The Hall–Kier alpha value is 0.726. The van der Waals surface area contributed by atoms with E-state index in [1.165, 1.54) is 0 Å². The molecule has 0 N–H and O–H groups in total. The molecule has 0 aliphatic heterocycles. The van der Waals surface area contributed by atoms with Crippen molar-refractivity contribution in [3.05, 3.63) is 0 Å². The molecule has 0 amide bonds. The third-order valence-electron chi connectivity index (χ3n) is 2.65. The molecule has 0 bridgehead atoms. The summed E-state index contributed by atoms with van der Waals surface area (Å²) in [5.74, 6) is 0. The summed E-state index contributed by atoms with van der Waals surface area (Å²) in [6, 6.07) is 1.69. The molecule has 0 saturated heterocycles. The first-order chi connectivity index (χ1) is 8.93. The summed E-state index contributed by atoms with van der Waals surface area (Å²) in [5, 5.41) is 0. The summed E-state index contributed by atoms with van der Waals surface area (Å²) in [6.07, 6.45) is 0. The van der Waals surface area contributed by atoms with Gasteiger partial charge in [-0.25, -0.2) is 0 Å². The first kappa shape index (κ1) is 26.6. The number of hydrogen-bond donors (Lipinski definition) is 0. The van der Waals surface area contributed by atoms with Crippen LogP contribution in [0.3, 0.4) is 0 Å². The second kappa shape index (κ2) is 13.2. The molecule has 0 aliphatic carbocycles. The van der Waals surface area contributed by atoms with Gasteiger partial charge in [-0.2, -0.15) is 0 Å². The minimum Gasteiger partial charge on any atom is -0.411 e. The van der Waals surface area contributed by atoms with Crippen molar-refractivity contribution in [1.29, 1.82) is 0 Å². The maximum atomic E-state index is 4.91. The van der Waals surface area contributed by atoms with E-state index < -0.39 is 0 Å². The van der Waals surface area contributed by atoms with E-state index in [9.17, 15) is 0 Å². The molecule has 1 radical (unpaired) electrons. The Morgan fingerprint density at radius 1 is 0.619 bits per heavy atom. The van der Waals surface area contributed by atoms with E-state index in [2.05, 4.69) is 55.4 Å². The van der Waals surface area contributed by atoms with Gasteiger partial charge in [0.05, 0.1) is 0 Å². The van der Waals surface area contributed by atoms with E-state index in [4.69, 9.17) is 49.7 Å². The molecule has 0 aromatic rings. The molecule has 0 fully saturated rings. The monoisotopic (exact) mass is 411 g/mol. The van der Waals surface area contributed by atoms with Crippen LogP contribution >= 0.6 is 24.4 Å². The van der Waals surface area contributed by atoms with Crippen molar-refractivity contribution in [2.45, 2.75) is 79.6 Å². The molecule has 21 heavy (non-hydrogen) atoms. The summed E-state index contributed by atoms with van der Waals surface area (Å²) in [5.41, 5.74) is 0. The van der Waals surface area contributed by atoms with E-state index in [1.807, 2.05) is 9.80 Å². The maximum Gasteiger partial charge on any atom is 2.00 e. The van der Waals surface area contributed by atoms with Crippen molar-refractivity contribution in [2.24, 2.45) is 0 Å². The van der Waals surface area contributed by atoms with Crippen molar-refractivity contribution in [3.8, 4) is 0 Å². The minimum atomic E-state index is 0. The van der Waals surface area contributed by atoms with E-state index in [0.717, 1.165) is 0 Å². The summed E-state index contributed by atoms with van der Waals surface area (Å²) in [7, 11) is 0. The maximum absolute atomic E-state index is 4.91. The second-order valence-corrected chi connectivity index (χ2v) is 7.78. The van der Waals surface area contributed by atoms with Gasteiger partial charge in [-0.15, -0.1) is 0 Å². The van der Waals surface area contributed by atoms with Crippen LogP contribution in [0.15, 0.2) is 0 Å². The molecule has 0 aromatic heterocycles. The topological polar surface area (TPSA) is 6.48 Å². The van der Waals surface area contributed by atoms with Gasteiger partial charge < -0.3 is 59.5 Å². The van der Waals surface area contributed by atoms with Crippen molar-refractivity contribution in [1.82, 2.24) is 9.80 Å². The van der Waals surface area contributed by atoms with Gasteiger partial charge >= 0.3 is 16.8 Å². The molecule has 0 spiro atoms. The molecule has 0 saturated carbocycles. The van der Waals surface area contributed by atoms with Gasteiger partial charge in [0, 0.05) is 24.2 Å². The van der Waals surface area contributed by atoms with Gasteiger partial charge in [-0.1, -0.05) is 8.64 Å². The van der Waals surface area contributed by atoms with Gasteiger partial charge in [0.15, 0.2) is 0 Å². The Morgan fingerprint density at radius 3 is 0.762 bits per heavy atom. The fraction of sp³-hybridized carbons (Fsp3) is 0.857. The average molecular weight is 412 g/mol. The number of thiocarbonyl (C=S) groups is 2. The Balaban J connectivity index is -0.000000295. The van der Waals surface area contributed by atoms with E-state index >= 15 is 0 Å². The number of rotatable bonds is 4. The van der Waals surface area contributed by atoms with Crippen LogP contribution in [0.5, 0.6) is 0 Å². The van der Waals surface area contributed by atoms with Crippen LogP contribution in [-0.2, 0) is 42.0 Å². The third kappa shape index (κ3) is 11.9. The van der Waals surface area contributed by atoms with Crippen LogP contribution in [0.1, 0.15) is 55.4 Å². The zero-order valence-electron chi connectivity index (χ0n) is 14.2. The average Bonchev–Trinajstić information content (AvgIpc) is 2.12. The normalized spacial score (nSPS) is 10.1. The molecule has 0 aliphatic rings. The van der Waals surface area contributed by atoms with Crippen LogP contribution < -0.4 is 0 Å². The number of hydrogen-bond acceptors (Lipinski definition) is 4. The zero-order valence-corrected chi connectivity index (χ0v) is 18.5. The molecule has 0 unspecified atom stereocenters. The molecule has 2 nitrogen and oxygen atoms in total. The van der Waals surface area contributed by atoms with Crippen molar-refractivity contribution in [2.75, 3.05) is 0 Å². The SMILES string of the molecule is CC(C)N(C(=S)[S-])C(C)C.CC(C)N(C(=S)[S-])C(C)C.[Co+2]. The van der Waals surface area contributed by atoms with Crippen molar-refractivity contribution >= 4 is 58.3 Å². The fourth-order valence-electron chi connectivity index (χ4n) is 2.04. The molecule has 0 atom stereocenters. The molecule has 0 aromatic carbocycles. The molecule has 0 heterocycles. The van der Waals surface area contributed by atoms with Crippen LogP contribution in [0.2, 0.25) is 0 Å². The van der Waals surface area contributed by atoms with Crippen LogP contribution in [0.4, 0.5) is 0 Å². The van der Waals surface area contributed by atoms with E-state index in [1.54, 1.807) is 0 Å². The smallest absolute Gasteiger partial charge is 0.411 e. The Morgan fingerprint density at radius 2 is 0.762 bits per heavy atom. The predicted octanol–water partition coefficient (Wildman–Crippen LogP) is 3.87. The fourth-order valence-corrected chi connectivity index (χ4v) is 3.72. The van der Waals surface area contributed by atoms with Gasteiger partial charge in [0.1, 0.15) is 0 Å². The Kier molecular flexibility index (Phi) is 16.7. The quantitative estimate of drug-likeness (QED) is 0.508. The van der Waals surface area contributed by atoms with E-state index in [0.29, 0.717) is 32.8 Å². The van der Waals surface area contributed by atoms with E-state index in [-0.39, 0.29) is 16.8 Å². The summed E-state index contributed by atoms with van der Waals surface area (Å²) < 4.78 is 1.15. The zero-order chi connectivity index (χ0) is 16.6. The van der Waals surface area contributed by atoms with Crippen LogP contribution in [0, 0.1) is 0 Å². The third-order valence-corrected chi connectivity index (χ3v) is 3.49. The first-order valence-electron chi connectivity index (χ1n) is 6.92. The van der Waals surface area contributed by atoms with Crippen LogP contribution in [0.25, 0.3) is 0 Å². The molecular formula is C14H28CoN2S4. The standard InChI is InChI=1S/2C7H15NS2.Co/c2*1-5(2)8(6(3)4)7(9)10;/h2*5-6H,1-4H3,(H,9,10);/q;;+2/p-2. The molecule has 7 heteroatoms. The molecule has 0 rings (SSSR count). The molecular weight excluding hydrogens is 383 g/mol. The molecule has 127 valence electrons. The largest absolute Gasteiger partial charge is 2.00 e. The van der Waals surface area contributed by atoms with Crippen LogP contribution in [-0.4, -0.2) is 42.6 Å². The second-order valence-electron chi connectivity index (χ2n) is 5.72. The predicted molar refractivity (Wildman–Crippen MR) is 104 cm³/mol. The summed E-state index contributed by atoms with van der Waals surface area (Å²) in [4.78, 5) is 4.09. The Bertz CT molecular complexity index is 261. The van der Waals surface area contributed by atoms with Crippen molar-refractivity contribution in [3.63, 3.8) is 0 Å². The van der Waals surface area contributed by atoms with Gasteiger partial charge in [0.25, 0.3) is 0 Å². The van der Waals surface area contributed by atoms with Gasteiger partial charge in [-0.05, 0) is 55.4 Å². The van der Waals surface area contributed by atoms with Gasteiger partial charge in [-0.3, -0.25) is 0 Å². The summed E-state index contributed by atoms with van der Waals surface area (Å²) >= 11 is 19.6. The Labute approximate surface area is 163 Å². The summed E-state index contributed by atoms with van der Waals surface area (Å²) in [6.45, 7) is 16.8. The first-order valence-corrected chi connectivity index (χ1v) is 8.55. The van der Waals surface area contributed by atoms with Gasteiger partial charge in [0.2, 0.25) is 0 Å².